The standard InChI is InChI=1S/C14H23N3OS/c1-17(9-11-5-3-2-4-6-11)10-12-7-8-19-13(12)14(18)16-15/h7-8,11H,2-6,9-10,15H2,1H3,(H,16,18). The van der Waals surface area contributed by atoms with E-state index in [1.165, 1.54) is 43.4 Å². The van der Waals surface area contributed by atoms with Crippen molar-refractivity contribution in [3.05, 3.63) is 21.9 Å². The number of amides is 1. The second kappa shape index (κ2) is 7.03. The third-order valence-electron chi connectivity index (χ3n) is 3.82. The lowest BCUT2D eigenvalue weighted by Crippen LogP contribution is -2.31. The average molecular weight is 281 g/mol. The summed E-state index contributed by atoms with van der Waals surface area (Å²) in [4.78, 5) is 14.7. The Morgan fingerprint density at radius 1 is 1.47 bits per heavy atom. The van der Waals surface area contributed by atoms with Crippen LogP contribution < -0.4 is 11.3 Å². The SMILES string of the molecule is CN(Cc1ccsc1C(=O)NN)CC1CCCCC1. The van der Waals surface area contributed by atoms with Gasteiger partial charge in [-0.1, -0.05) is 19.3 Å². The molecule has 2 rings (SSSR count). The summed E-state index contributed by atoms with van der Waals surface area (Å²) in [7, 11) is 2.14. The second-order valence-electron chi connectivity index (χ2n) is 5.45. The van der Waals surface area contributed by atoms with Crippen LogP contribution in [0.4, 0.5) is 0 Å². The first-order chi connectivity index (χ1) is 9.20. The molecule has 0 spiro atoms. The fourth-order valence-corrected chi connectivity index (χ4v) is 3.71. The molecule has 0 radical (unpaired) electrons. The second-order valence-corrected chi connectivity index (χ2v) is 6.37. The highest BCUT2D eigenvalue weighted by atomic mass is 32.1. The van der Waals surface area contributed by atoms with Crippen LogP contribution in [0.1, 0.15) is 47.3 Å². The summed E-state index contributed by atoms with van der Waals surface area (Å²) in [6, 6.07) is 2.02. The zero-order valence-corrected chi connectivity index (χ0v) is 12.3. The van der Waals surface area contributed by atoms with E-state index in [2.05, 4.69) is 17.4 Å². The lowest BCUT2D eigenvalue weighted by Gasteiger charge is -2.27. The van der Waals surface area contributed by atoms with Crippen molar-refractivity contribution in [1.29, 1.82) is 0 Å². The summed E-state index contributed by atoms with van der Waals surface area (Å²) in [6.07, 6.45) is 6.84. The molecule has 1 aromatic heterocycles. The van der Waals surface area contributed by atoms with Crippen LogP contribution >= 0.6 is 11.3 Å². The Balaban J connectivity index is 1.89. The molecule has 0 bridgehead atoms. The molecule has 0 aromatic carbocycles. The quantitative estimate of drug-likeness (QED) is 0.495. The van der Waals surface area contributed by atoms with Gasteiger partial charge in [-0.25, -0.2) is 5.84 Å². The number of nitrogens with one attached hydrogen (secondary N) is 1. The largest absolute Gasteiger partial charge is 0.302 e. The zero-order chi connectivity index (χ0) is 13.7. The van der Waals surface area contributed by atoms with Crippen LogP contribution in [0.15, 0.2) is 11.4 Å². The maximum Gasteiger partial charge on any atom is 0.275 e. The highest BCUT2D eigenvalue weighted by molar-refractivity contribution is 7.12. The Labute approximate surface area is 118 Å². The molecule has 3 N–H and O–H groups in total. The number of rotatable bonds is 5. The molecule has 19 heavy (non-hydrogen) atoms. The number of carbonyl (C=O) groups is 1. The van der Waals surface area contributed by atoms with Gasteiger partial charge in [-0.15, -0.1) is 11.3 Å². The third kappa shape index (κ3) is 4.03. The van der Waals surface area contributed by atoms with Crippen molar-refractivity contribution in [2.45, 2.75) is 38.6 Å². The van der Waals surface area contributed by atoms with Gasteiger partial charge in [0.1, 0.15) is 0 Å². The summed E-state index contributed by atoms with van der Waals surface area (Å²) < 4.78 is 0. The van der Waals surface area contributed by atoms with Gasteiger partial charge >= 0.3 is 0 Å². The fourth-order valence-electron chi connectivity index (χ4n) is 2.89. The predicted molar refractivity (Wildman–Crippen MR) is 78.9 cm³/mol. The van der Waals surface area contributed by atoms with Gasteiger partial charge in [0, 0.05) is 13.1 Å². The predicted octanol–water partition coefficient (Wildman–Crippen LogP) is 2.36. The summed E-state index contributed by atoms with van der Waals surface area (Å²) >= 11 is 1.45. The topological polar surface area (TPSA) is 58.4 Å². The Morgan fingerprint density at radius 3 is 2.89 bits per heavy atom. The minimum absolute atomic E-state index is 0.184. The highest BCUT2D eigenvalue weighted by Crippen LogP contribution is 2.25. The molecule has 1 aromatic rings. The molecule has 0 saturated heterocycles. The summed E-state index contributed by atoms with van der Waals surface area (Å²) in [5, 5.41) is 1.95. The maximum absolute atomic E-state index is 11.6. The van der Waals surface area contributed by atoms with E-state index in [1.54, 1.807) is 0 Å². The average Bonchev–Trinajstić information content (AvgIpc) is 2.87. The lowest BCUT2D eigenvalue weighted by atomic mass is 9.89. The van der Waals surface area contributed by atoms with Crippen LogP contribution in [0.2, 0.25) is 0 Å². The summed E-state index contributed by atoms with van der Waals surface area (Å²) in [6.45, 7) is 1.95. The molecule has 0 aliphatic heterocycles. The number of hydrogen-bond donors (Lipinski definition) is 2. The number of nitrogens with two attached hydrogens (primary N) is 1. The van der Waals surface area contributed by atoms with Crippen LogP contribution in [0.3, 0.4) is 0 Å². The van der Waals surface area contributed by atoms with Crippen LogP contribution in [0.5, 0.6) is 0 Å². The number of hydrazine groups is 1. The molecule has 1 aliphatic rings. The van der Waals surface area contributed by atoms with Gasteiger partial charge < -0.3 is 4.90 Å². The number of hydrogen-bond acceptors (Lipinski definition) is 4. The molecule has 1 heterocycles. The van der Waals surface area contributed by atoms with Crippen molar-refractivity contribution < 1.29 is 4.79 Å². The fraction of sp³-hybridized carbons (Fsp3) is 0.643. The molecule has 0 unspecified atom stereocenters. The minimum atomic E-state index is -0.184. The van der Waals surface area contributed by atoms with E-state index in [0.717, 1.165) is 29.4 Å². The molecular weight excluding hydrogens is 258 g/mol. The summed E-state index contributed by atoms with van der Waals surface area (Å²) in [5.74, 6) is 5.84. The Bertz CT molecular complexity index is 413. The monoisotopic (exact) mass is 281 g/mol. The van der Waals surface area contributed by atoms with E-state index >= 15 is 0 Å². The molecule has 1 fully saturated rings. The third-order valence-corrected chi connectivity index (χ3v) is 4.77. The van der Waals surface area contributed by atoms with Crippen molar-refractivity contribution in [3.8, 4) is 0 Å². The van der Waals surface area contributed by atoms with E-state index in [0.29, 0.717) is 0 Å². The van der Waals surface area contributed by atoms with Crippen molar-refractivity contribution in [2.75, 3.05) is 13.6 Å². The Morgan fingerprint density at radius 2 is 2.21 bits per heavy atom. The number of carbonyl (C=O) groups excluding carboxylic acids is 1. The van der Waals surface area contributed by atoms with Gasteiger partial charge in [0.05, 0.1) is 4.88 Å². The first-order valence-corrected chi connectivity index (χ1v) is 7.84. The first kappa shape index (κ1) is 14.5. The van der Waals surface area contributed by atoms with Crippen molar-refractivity contribution in [3.63, 3.8) is 0 Å². The molecule has 0 atom stereocenters. The normalized spacial score (nSPS) is 16.8. The molecule has 1 amide bonds. The van der Waals surface area contributed by atoms with Crippen LogP contribution in [0.25, 0.3) is 0 Å². The van der Waals surface area contributed by atoms with Gasteiger partial charge in [-0.2, -0.15) is 0 Å². The first-order valence-electron chi connectivity index (χ1n) is 6.96. The summed E-state index contributed by atoms with van der Waals surface area (Å²) in [5.41, 5.74) is 3.29. The zero-order valence-electron chi connectivity index (χ0n) is 11.5. The molecule has 1 saturated carbocycles. The van der Waals surface area contributed by atoms with Crippen molar-refractivity contribution >= 4 is 17.2 Å². The van der Waals surface area contributed by atoms with E-state index in [-0.39, 0.29) is 5.91 Å². The Hall–Kier alpha value is -0.910. The Kier molecular flexibility index (Phi) is 5.36. The number of nitrogens with zero attached hydrogens (tertiary/aromatic N) is 1. The van der Waals surface area contributed by atoms with Crippen molar-refractivity contribution in [2.24, 2.45) is 11.8 Å². The molecule has 1 aliphatic carbocycles. The highest BCUT2D eigenvalue weighted by Gasteiger charge is 2.17. The maximum atomic E-state index is 11.6. The van der Waals surface area contributed by atoms with Gasteiger partial charge in [0.2, 0.25) is 0 Å². The van der Waals surface area contributed by atoms with Crippen LogP contribution in [0, 0.1) is 5.92 Å². The van der Waals surface area contributed by atoms with E-state index in [9.17, 15) is 4.79 Å². The van der Waals surface area contributed by atoms with Crippen molar-refractivity contribution in [1.82, 2.24) is 10.3 Å². The molecule has 4 nitrogen and oxygen atoms in total. The minimum Gasteiger partial charge on any atom is -0.302 e. The van der Waals surface area contributed by atoms with Crippen LogP contribution in [-0.4, -0.2) is 24.4 Å². The smallest absolute Gasteiger partial charge is 0.275 e. The van der Waals surface area contributed by atoms with Gasteiger partial charge in [-0.05, 0) is 42.8 Å². The van der Waals surface area contributed by atoms with Gasteiger partial charge in [0.15, 0.2) is 0 Å². The van der Waals surface area contributed by atoms with Gasteiger partial charge in [0.25, 0.3) is 5.91 Å². The van der Waals surface area contributed by atoms with E-state index in [4.69, 9.17) is 5.84 Å². The molecular formula is C14H23N3OS. The lowest BCUT2D eigenvalue weighted by molar-refractivity contribution is 0.0956. The molecule has 106 valence electrons. The van der Waals surface area contributed by atoms with Gasteiger partial charge in [-0.3, -0.25) is 10.2 Å². The van der Waals surface area contributed by atoms with E-state index < -0.39 is 0 Å². The van der Waals surface area contributed by atoms with Crippen LogP contribution in [-0.2, 0) is 6.54 Å². The number of thiophene rings is 1. The number of nitrogen functional groups attached to an aromatic ring is 1. The van der Waals surface area contributed by atoms with E-state index in [1.807, 2.05) is 11.4 Å². The molecule has 5 heteroatoms.